The summed E-state index contributed by atoms with van der Waals surface area (Å²) in [6.07, 6.45) is -0.724. The van der Waals surface area contributed by atoms with Gasteiger partial charge in [-0.15, -0.1) is 0 Å². The van der Waals surface area contributed by atoms with Gasteiger partial charge in [0.2, 0.25) is 0 Å². The molecule has 0 aromatic heterocycles. The fraction of sp³-hybridized carbons (Fsp3) is 0.235. The Morgan fingerprint density at radius 2 is 1.74 bits per heavy atom. The number of rotatable bonds is 2. The Morgan fingerprint density at radius 3 is 2.30 bits per heavy atom. The standard InChI is InChI=1S/C17H18F2N2O2/c1-17(2,3)23-16(22)21-15-9-13(19)12(8-14(15)20)10-4-6-11(18)7-5-10/h4-9H,20H2,1-3H3,(H,21,22). The summed E-state index contributed by atoms with van der Waals surface area (Å²) in [5.41, 5.74) is 6.18. The molecule has 0 aliphatic rings. The van der Waals surface area contributed by atoms with E-state index in [1.54, 1.807) is 20.8 Å². The van der Waals surface area contributed by atoms with Crippen LogP contribution in [-0.4, -0.2) is 11.7 Å². The van der Waals surface area contributed by atoms with Gasteiger partial charge in [0.25, 0.3) is 0 Å². The number of nitrogen functional groups attached to an aromatic ring is 1. The van der Waals surface area contributed by atoms with Crippen LogP contribution in [-0.2, 0) is 4.74 Å². The molecule has 2 aromatic rings. The Hall–Kier alpha value is -2.63. The highest BCUT2D eigenvalue weighted by Crippen LogP contribution is 2.30. The van der Waals surface area contributed by atoms with Crippen molar-refractivity contribution in [1.82, 2.24) is 0 Å². The molecule has 2 aromatic carbocycles. The zero-order valence-electron chi connectivity index (χ0n) is 13.1. The van der Waals surface area contributed by atoms with Crippen LogP contribution in [0.15, 0.2) is 36.4 Å². The van der Waals surface area contributed by atoms with Gasteiger partial charge in [0.1, 0.15) is 17.2 Å². The van der Waals surface area contributed by atoms with Crippen LogP contribution in [0.1, 0.15) is 20.8 Å². The summed E-state index contributed by atoms with van der Waals surface area (Å²) in [5, 5.41) is 2.41. The monoisotopic (exact) mass is 320 g/mol. The van der Waals surface area contributed by atoms with Crippen molar-refractivity contribution in [2.24, 2.45) is 0 Å². The number of amides is 1. The molecular weight excluding hydrogens is 302 g/mol. The summed E-state index contributed by atoms with van der Waals surface area (Å²) in [7, 11) is 0. The second kappa shape index (κ2) is 6.24. The molecule has 0 bridgehead atoms. The van der Waals surface area contributed by atoms with E-state index in [2.05, 4.69) is 5.32 Å². The first-order chi connectivity index (χ1) is 10.7. The summed E-state index contributed by atoms with van der Waals surface area (Å²) in [4.78, 5) is 11.7. The van der Waals surface area contributed by atoms with Gasteiger partial charge in [-0.25, -0.2) is 13.6 Å². The number of ether oxygens (including phenoxy) is 1. The summed E-state index contributed by atoms with van der Waals surface area (Å²) in [6.45, 7) is 5.15. The number of anilines is 2. The Morgan fingerprint density at radius 1 is 1.13 bits per heavy atom. The summed E-state index contributed by atoms with van der Waals surface area (Å²) >= 11 is 0. The van der Waals surface area contributed by atoms with Crippen molar-refractivity contribution >= 4 is 17.5 Å². The molecule has 0 atom stereocenters. The van der Waals surface area contributed by atoms with E-state index in [1.807, 2.05) is 0 Å². The number of carbonyl (C=O) groups is 1. The Labute approximate surface area is 133 Å². The molecule has 0 aliphatic carbocycles. The third-order valence-corrected chi connectivity index (χ3v) is 2.93. The van der Waals surface area contributed by atoms with Crippen molar-refractivity contribution in [3.63, 3.8) is 0 Å². The van der Waals surface area contributed by atoms with E-state index in [0.29, 0.717) is 5.56 Å². The Balaban J connectivity index is 2.27. The predicted molar refractivity (Wildman–Crippen MR) is 86.1 cm³/mol. The number of hydrogen-bond acceptors (Lipinski definition) is 3. The number of carbonyl (C=O) groups excluding carboxylic acids is 1. The van der Waals surface area contributed by atoms with Gasteiger partial charge in [-0.05, 0) is 44.5 Å². The average molecular weight is 320 g/mol. The molecule has 0 spiro atoms. The van der Waals surface area contributed by atoms with Gasteiger partial charge in [-0.1, -0.05) is 12.1 Å². The fourth-order valence-corrected chi connectivity index (χ4v) is 1.96. The number of nitrogens with two attached hydrogens (primary N) is 1. The topological polar surface area (TPSA) is 64.3 Å². The van der Waals surface area contributed by atoms with E-state index in [0.717, 1.165) is 6.07 Å². The van der Waals surface area contributed by atoms with Crippen molar-refractivity contribution in [2.75, 3.05) is 11.1 Å². The van der Waals surface area contributed by atoms with E-state index in [1.165, 1.54) is 30.3 Å². The molecule has 0 fully saturated rings. The minimum atomic E-state index is -0.724. The molecule has 0 saturated carbocycles. The zero-order valence-corrected chi connectivity index (χ0v) is 13.1. The van der Waals surface area contributed by atoms with E-state index >= 15 is 0 Å². The van der Waals surface area contributed by atoms with E-state index in [4.69, 9.17) is 10.5 Å². The lowest BCUT2D eigenvalue weighted by atomic mass is 10.0. The molecule has 0 aliphatic heterocycles. The Bertz CT molecular complexity index is 723. The molecule has 1 amide bonds. The maximum absolute atomic E-state index is 14.3. The first-order valence-corrected chi connectivity index (χ1v) is 7.01. The minimum Gasteiger partial charge on any atom is -0.444 e. The first-order valence-electron chi connectivity index (χ1n) is 7.01. The second-order valence-corrected chi connectivity index (χ2v) is 6.05. The van der Waals surface area contributed by atoms with Crippen LogP contribution in [0.5, 0.6) is 0 Å². The van der Waals surface area contributed by atoms with Gasteiger partial charge in [0.05, 0.1) is 11.4 Å². The second-order valence-electron chi connectivity index (χ2n) is 6.05. The summed E-state index contributed by atoms with van der Waals surface area (Å²) in [6, 6.07) is 7.87. The lowest BCUT2D eigenvalue weighted by Crippen LogP contribution is -2.27. The third kappa shape index (κ3) is 4.42. The van der Waals surface area contributed by atoms with Crippen LogP contribution in [0.2, 0.25) is 0 Å². The van der Waals surface area contributed by atoms with Crippen LogP contribution >= 0.6 is 0 Å². The molecule has 6 heteroatoms. The van der Waals surface area contributed by atoms with Gasteiger partial charge < -0.3 is 10.5 Å². The Kier molecular flexibility index (Phi) is 4.54. The SMILES string of the molecule is CC(C)(C)OC(=O)Nc1cc(F)c(-c2ccc(F)cc2)cc1N. The first kappa shape index (κ1) is 16.7. The zero-order chi connectivity index (χ0) is 17.2. The average Bonchev–Trinajstić information content (AvgIpc) is 2.41. The van der Waals surface area contributed by atoms with E-state index in [9.17, 15) is 13.6 Å². The van der Waals surface area contributed by atoms with Crippen LogP contribution in [0.25, 0.3) is 11.1 Å². The van der Waals surface area contributed by atoms with Crippen molar-refractivity contribution in [3.05, 3.63) is 48.0 Å². The van der Waals surface area contributed by atoms with Gasteiger partial charge in [-0.3, -0.25) is 5.32 Å². The van der Waals surface area contributed by atoms with Crippen molar-refractivity contribution in [1.29, 1.82) is 0 Å². The largest absolute Gasteiger partial charge is 0.444 e. The van der Waals surface area contributed by atoms with Crippen LogP contribution in [0.3, 0.4) is 0 Å². The lowest BCUT2D eigenvalue weighted by Gasteiger charge is -2.20. The molecule has 122 valence electrons. The maximum atomic E-state index is 14.3. The van der Waals surface area contributed by atoms with Crippen molar-refractivity contribution in [3.8, 4) is 11.1 Å². The van der Waals surface area contributed by atoms with Crippen LogP contribution < -0.4 is 11.1 Å². The van der Waals surface area contributed by atoms with Crippen molar-refractivity contribution in [2.45, 2.75) is 26.4 Å². The third-order valence-electron chi connectivity index (χ3n) is 2.93. The lowest BCUT2D eigenvalue weighted by molar-refractivity contribution is 0.0636. The maximum Gasteiger partial charge on any atom is 0.412 e. The smallest absolute Gasteiger partial charge is 0.412 e. The van der Waals surface area contributed by atoms with E-state index in [-0.39, 0.29) is 16.9 Å². The molecule has 0 saturated heterocycles. The van der Waals surface area contributed by atoms with Crippen LogP contribution in [0, 0.1) is 11.6 Å². The molecule has 0 heterocycles. The highest BCUT2D eigenvalue weighted by atomic mass is 19.1. The number of benzene rings is 2. The van der Waals surface area contributed by atoms with Gasteiger partial charge in [0, 0.05) is 11.6 Å². The van der Waals surface area contributed by atoms with Crippen molar-refractivity contribution < 1.29 is 18.3 Å². The summed E-state index contributed by atoms with van der Waals surface area (Å²) in [5.74, 6) is -0.998. The highest BCUT2D eigenvalue weighted by Gasteiger charge is 2.18. The fourth-order valence-electron chi connectivity index (χ4n) is 1.96. The molecule has 4 nitrogen and oxygen atoms in total. The normalized spacial score (nSPS) is 11.2. The number of hydrogen-bond donors (Lipinski definition) is 2. The van der Waals surface area contributed by atoms with Gasteiger partial charge in [-0.2, -0.15) is 0 Å². The molecular formula is C17H18F2N2O2. The molecule has 2 rings (SSSR count). The number of halogens is 2. The van der Waals surface area contributed by atoms with E-state index < -0.39 is 23.3 Å². The van der Waals surface area contributed by atoms with Gasteiger partial charge in [0.15, 0.2) is 0 Å². The molecule has 23 heavy (non-hydrogen) atoms. The molecule has 0 radical (unpaired) electrons. The van der Waals surface area contributed by atoms with Crippen LogP contribution in [0.4, 0.5) is 25.0 Å². The quantitative estimate of drug-likeness (QED) is 0.797. The predicted octanol–water partition coefficient (Wildman–Crippen LogP) is 4.56. The summed E-state index contributed by atoms with van der Waals surface area (Å²) < 4.78 is 32.3. The minimum absolute atomic E-state index is 0.114. The molecule has 0 unspecified atom stereocenters. The van der Waals surface area contributed by atoms with Gasteiger partial charge >= 0.3 is 6.09 Å². The molecule has 3 N–H and O–H groups in total. The number of nitrogens with one attached hydrogen (secondary N) is 1. The highest BCUT2D eigenvalue weighted by molar-refractivity contribution is 5.90.